The van der Waals surface area contributed by atoms with Crippen LogP contribution in [-0.4, -0.2) is 9.02 Å². The van der Waals surface area contributed by atoms with E-state index in [1.807, 2.05) is 18.2 Å². The largest absolute Gasteiger partial charge is 0.292 e. The van der Waals surface area contributed by atoms with Gasteiger partial charge in [0.15, 0.2) is 5.78 Å². The van der Waals surface area contributed by atoms with E-state index in [1.54, 1.807) is 0 Å². The van der Waals surface area contributed by atoms with Gasteiger partial charge < -0.3 is 0 Å². The first-order valence-electron chi connectivity index (χ1n) is 4.22. The third kappa shape index (κ3) is 1.84. The summed E-state index contributed by atoms with van der Waals surface area (Å²) in [7, 11) is 0. The average Bonchev–Trinajstić information content (AvgIpc) is 2.12. The first-order valence-corrected chi connectivity index (χ1v) is 6.60. The summed E-state index contributed by atoms with van der Waals surface area (Å²) in [5.74, 6) is 0.117. The first kappa shape index (κ1) is 10.8. The van der Waals surface area contributed by atoms with Gasteiger partial charge >= 0.3 is 0 Å². The molecule has 1 aromatic rings. The number of Topliss-reactive ketones (excluding diaryl/α,β-unsaturated/α-hetero) is 1. The van der Waals surface area contributed by atoms with Crippen molar-refractivity contribution in [3.05, 3.63) is 33.8 Å². The molecule has 0 aliphatic heterocycles. The zero-order chi connectivity index (χ0) is 10.3. The minimum atomic E-state index is -0.555. The van der Waals surface area contributed by atoms with Crippen molar-refractivity contribution in [2.24, 2.45) is 0 Å². The zero-order valence-corrected chi connectivity index (χ0v) is 11.9. The van der Waals surface area contributed by atoms with Gasteiger partial charge in [-0.2, -0.15) is 0 Å². The summed E-state index contributed by atoms with van der Waals surface area (Å²) in [6.07, 6.45) is 1.70. The van der Waals surface area contributed by atoms with E-state index in [0.717, 1.165) is 28.4 Å². The second-order valence-electron chi connectivity index (χ2n) is 3.34. The van der Waals surface area contributed by atoms with E-state index in [2.05, 4.69) is 47.8 Å². The summed E-state index contributed by atoms with van der Waals surface area (Å²) in [6.45, 7) is 0. The Balaban J connectivity index is 2.52. The Morgan fingerprint density at radius 2 is 2.00 bits per heavy atom. The fraction of sp³-hybridized carbons (Fsp3) is 0.300. The molecule has 0 fully saturated rings. The summed E-state index contributed by atoms with van der Waals surface area (Å²) in [6, 6.07) is 5.79. The Hall–Kier alpha value is 0.330. The van der Waals surface area contributed by atoms with Gasteiger partial charge in [0.25, 0.3) is 0 Å². The van der Waals surface area contributed by atoms with Gasteiger partial charge in [0.1, 0.15) is 3.23 Å². The van der Waals surface area contributed by atoms with Gasteiger partial charge in [-0.1, -0.05) is 47.8 Å². The molecule has 0 saturated carbocycles. The SMILES string of the molecule is O=C1c2ccc(Br)cc2CCC1(Br)Br. The predicted molar refractivity (Wildman–Crippen MR) is 67.4 cm³/mol. The Morgan fingerprint density at radius 3 is 2.71 bits per heavy atom. The van der Waals surface area contributed by atoms with Crippen molar-refractivity contribution in [2.45, 2.75) is 16.1 Å². The molecule has 2 rings (SSSR count). The number of benzene rings is 1. The minimum Gasteiger partial charge on any atom is -0.292 e. The van der Waals surface area contributed by atoms with Crippen molar-refractivity contribution in [3.8, 4) is 0 Å². The number of aryl methyl sites for hydroxylation is 1. The topological polar surface area (TPSA) is 17.1 Å². The molecule has 4 heteroatoms. The Bertz CT molecular complexity index is 398. The van der Waals surface area contributed by atoms with Gasteiger partial charge in [0.05, 0.1) is 0 Å². The highest BCUT2D eigenvalue weighted by molar-refractivity contribution is 9.26. The summed E-state index contributed by atoms with van der Waals surface area (Å²) in [4.78, 5) is 11.9. The molecule has 1 nitrogen and oxygen atoms in total. The van der Waals surface area contributed by atoms with Crippen molar-refractivity contribution in [1.29, 1.82) is 0 Å². The number of hydrogen-bond acceptors (Lipinski definition) is 1. The highest BCUT2D eigenvalue weighted by atomic mass is 79.9. The van der Waals surface area contributed by atoms with Crippen LogP contribution in [0.1, 0.15) is 22.3 Å². The number of rotatable bonds is 0. The van der Waals surface area contributed by atoms with Gasteiger partial charge in [0, 0.05) is 10.0 Å². The van der Waals surface area contributed by atoms with Crippen LogP contribution >= 0.6 is 47.8 Å². The lowest BCUT2D eigenvalue weighted by Crippen LogP contribution is -2.30. The van der Waals surface area contributed by atoms with Gasteiger partial charge in [-0.05, 0) is 36.6 Å². The molecular weight excluding hydrogens is 376 g/mol. The van der Waals surface area contributed by atoms with Crippen molar-refractivity contribution >= 4 is 53.6 Å². The average molecular weight is 383 g/mol. The number of carbonyl (C=O) groups excluding carboxylic acids is 1. The van der Waals surface area contributed by atoms with E-state index in [0.29, 0.717) is 0 Å². The first-order chi connectivity index (χ1) is 6.50. The smallest absolute Gasteiger partial charge is 0.190 e. The molecule has 0 aromatic heterocycles. The highest BCUT2D eigenvalue weighted by Crippen LogP contribution is 2.40. The maximum absolute atomic E-state index is 11.9. The van der Waals surface area contributed by atoms with E-state index >= 15 is 0 Å². The molecule has 0 radical (unpaired) electrons. The van der Waals surface area contributed by atoms with E-state index in [1.165, 1.54) is 0 Å². The molecule has 0 saturated heterocycles. The minimum absolute atomic E-state index is 0.117. The van der Waals surface area contributed by atoms with Gasteiger partial charge in [-0.15, -0.1) is 0 Å². The van der Waals surface area contributed by atoms with E-state index < -0.39 is 3.23 Å². The maximum atomic E-state index is 11.9. The fourth-order valence-corrected chi connectivity index (χ4v) is 2.83. The molecule has 1 aliphatic carbocycles. The standard InChI is InChI=1S/C10H7Br3O/c11-7-1-2-8-6(5-7)3-4-10(12,13)9(8)14/h1-2,5H,3-4H2. The third-order valence-electron chi connectivity index (χ3n) is 2.35. The van der Waals surface area contributed by atoms with Gasteiger partial charge in [-0.3, -0.25) is 4.79 Å². The monoisotopic (exact) mass is 380 g/mol. The van der Waals surface area contributed by atoms with Crippen molar-refractivity contribution < 1.29 is 4.79 Å². The Morgan fingerprint density at radius 1 is 1.29 bits per heavy atom. The lowest BCUT2D eigenvalue weighted by atomic mass is 9.91. The van der Waals surface area contributed by atoms with Crippen LogP contribution in [0.25, 0.3) is 0 Å². The summed E-state index contributed by atoms with van der Waals surface area (Å²) in [5, 5.41) is 0. The number of halogens is 3. The van der Waals surface area contributed by atoms with Gasteiger partial charge in [0.2, 0.25) is 0 Å². The lowest BCUT2D eigenvalue weighted by molar-refractivity contribution is 0.0972. The van der Waals surface area contributed by atoms with E-state index in [4.69, 9.17) is 0 Å². The highest BCUT2D eigenvalue weighted by Gasteiger charge is 2.37. The quantitative estimate of drug-likeness (QED) is 0.618. The van der Waals surface area contributed by atoms with Crippen LogP contribution in [0.3, 0.4) is 0 Å². The zero-order valence-electron chi connectivity index (χ0n) is 7.19. The maximum Gasteiger partial charge on any atom is 0.190 e. The van der Waals surface area contributed by atoms with Crippen molar-refractivity contribution in [2.75, 3.05) is 0 Å². The molecule has 0 spiro atoms. The Kier molecular flexibility index (Phi) is 2.88. The van der Waals surface area contributed by atoms with Crippen molar-refractivity contribution in [1.82, 2.24) is 0 Å². The second-order valence-corrected chi connectivity index (χ2v) is 8.02. The van der Waals surface area contributed by atoms with Crippen LogP contribution in [0.5, 0.6) is 0 Å². The number of carbonyl (C=O) groups is 1. The second kappa shape index (κ2) is 3.72. The molecule has 74 valence electrons. The number of fused-ring (bicyclic) bond motifs is 1. The molecule has 0 heterocycles. The number of alkyl halides is 2. The lowest BCUT2D eigenvalue weighted by Gasteiger charge is -2.26. The van der Waals surface area contributed by atoms with E-state index in [9.17, 15) is 4.79 Å². The van der Waals surface area contributed by atoms with Crippen LogP contribution in [-0.2, 0) is 6.42 Å². The molecule has 0 N–H and O–H groups in total. The van der Waals surface area contributed by atoms with Crippen LogP contribution in [0.2, 0.25) is 0 Å². The van der Waals surface area contributed by atoms with Crippen LogP contribution in [0.4, 0.5) is 0 Å². The molecule has 0 unspecified atom stereocenters. The van der Waals surface area contributed by atoms with Crippen LogP contribution < -0.4 is 0 Å². The Labute approximate surface area is 108 Å². The molecule has 1 aliphatic rings. The normalized spacial score (nSPS) is 19.2. The predicted octanol–water partition coefficient (Wildman–Crippen LogP) is 4.06. The van der Waals surface area contributed by atoms with Gasteiger partial charge in [-0.25, -0.2) is 0 Å². The fourth-order valence-electron chi connectivity index (χ4n) is 1.59. The molecular formula is C10H7Br3O. The van der Waals surface area contributed by atoms with Crippen molar-refractivity contribution in [3.63, 3.8) is 0 Å². The summed E-state index contributed by atoms with van der Waals surface area (Å²) >= 11 is 10.2. The summed E-state index contributed by atoms with van der Waals surface area (Å²) < 4.78 is 0.474. The molecule has 0 atom stereocenters. The molecule has 0 amide bonds. The van der Waals surface area contributed by atoms with Crippen LogP contribution in [0.15, 0.2) is 22.7 Å². The van der Waals surface area contributed by atoms with Crippen LogP contribution in [0, 0.1) is 0 Å². The van der Waals surface area contributed by atoms with E-state index in [-0.39, 0.29) is 5.78 Å². The molecule has 14 heavy (non-hydrogen) atoms. The third-order valence-corrected chi connectivity index (χ3v) is 4.36. The molecule has 0 bridgehead atoms. The number of hydrogen-bond donors (Lipinski definition) is 0. The number of ketones is 1. The molecule has 1 aromatic carbocycles. The summed E-state index contributed by atoms with van der Waals surface area (Å²) in [5.41, 5.74) is 1.94.